The molecule has 0 spiro atoms. The fourth-order valence-corrected chi connectivity index (χ4v) is 2.98. The van der Waals surface area contributed by atoms with Crippen molar-refractivity contribution in [2.75, 3.05) is 5.43 Å². The maximum absolute atomic E-state index is 4.58. The summed E-state index contributed by atoms with van der Waals surface area (Å²) in [6.45, 7) is 2.01. The van der Waals surface area contributed by atoms with Crippen LogP contribution in [0.4, 0.5) is 5.95 Å². The second-order valence-electron chi connectivity index (χ2n) is 5.82. The average Bonchev–Trinajstić information content (AvgIpc) is 2.95. The monoisotopic (exact) mass is 314 g/mol. The minimum Gasteiger partial charge on any atom is -0.312 e. The molecule has 118 valence electrons. The van der Waals surface area contributed by atoms with Crippen LogP contribution < -0.4 is 5.43 Å². The molecule has 0 saturated carbocycles. The Labute approximate surface area is 140 Å². The first-order chi connectivity index (χ1) is 11.7. The molecular formula is C20H18N4. The second kappa shape index (κ2) is 5.81. The number of nitrogens with zero attached hydrogens (tertiary/aromatic N) is 3. The van der Waals surface area contributed by atoms with Crippen LogP contribution in [0.15, 0.2) is 71.8 Å². The van der Waals surface area contributed by atoms with Gasteiger partial charge in [0.2, 0.25) is 5.95 Å². The van der Waals surface area contributed by atoms with Crippen molar-refractivity contribution in [3.63, 3.8) is 0 Å². The Morgan fingerprint density at radius 2 is 1.71 bits per heavy atom. The van der Waals surface area contributed by atoms with Gasteiger partial charge in [-0.25, -0.2) is 10.4 Å². The minimum absolute atomic E-state index is 0.732. The van der Waals surface area contributed by atoms with Gasteiger partial charge in [-0.15, -0.1) is 0 Å². The summed E-state index contributed by atoms with van der Waals surface area (Å²) in [6, 6.07) is 22.7. The Hall–Kier alpha value is -3.14. The number of benzene rings is 3. The third kappa shape index (κ3) is 2.42. The summed E-state index contributed by atoms with van der Waals surface area (Å²) >= 11 is 0. The molecule has 1 aromatic heterocycles. The first-order valence-electron chi connectivity index (χ1n) is 7.94. The van der Waals surface area contributed by atoms with Gasteiger partial charge in [0.1, 0.15) is 0 Å². The molecule has 1 N–H and O–H groups in total. The highest BCUT2D eigenvalue weighted by molar-refractivity contribution is 6.09. The van der Waals surface area contributed by atoms with Gasteiger partial charge >= 0.3 is 0 Å². The lowest BCUT2D eigenvalue weighted by molar-refractivity contribution is 0.942. The largest absolute Gasteiger partial charge is 0.312 e. The zero-order valence-electron chi connectivity index (χ0n) is 13.7. The maximum Gasteiger partial charge on any atom is 0.224 e. The molecule has 4 heteroatoms. The normalized spacial score (nSPS) is 12.0. The number of aryl methyl sites for hydroxylation is 1. The third-order valence-electron chi connectivity index (χ3n) is 4.29. The fourth-order valence-electron chi connectivity index (χ4n) is 2.98. The van der Waals surface area contributed by atoms with Crippen molar-refractivity contribution in [2.45, 2.75) is 6.92 Å². The second-order valence-corrected chi connectivity index (χ2v) is 5.82. The quantitative estimate of drug-likeness (QED) is 0.445. The molecule has 0 unspecified atom stereocenters. The SMILES string of the molecule is C/C(=N\Nc1nc2ccccc2n1C)c1cccc2ccccc12. The Bertz CT molecular complexity index is 1050. The number of hydrogen-bond acceptors (Lipinski definition) is 3. The van der Waals surface area contributed by atoms with Gasteiger partial charge in [0, 0.05) is 12.6 Å². The van der Waals surface area contributed by atoms with Crippen LogP contribution in [0.1, 0.15) is 12.5 Å². The lowest BCUT2D eigenvalue weighted by atomic mass is 10.0. The summed E-state index contributed by atoms with van der Waals surface area (Å²) in [7, 11) is 1.99. The number of para-hydroxylation sites is 2. The van der Waals surface area contributed by atoms with Gasteiger partial charge in [-0.1, -0.05) is 54.6 Å². The van der Waals surface area contributed by atoms with Gasteiger partial charge in [0.05, 0.1) is 16.7 Å². The Kier molecular flexibility index (Phi) is 3.50. The molecule has 3 aromatic carbocycles. The molecule has 4 rings (SSSR count). The van der Waals surface area contributed by atoms with Crippen LogP contribution in [0, 0.1) is 0 Å². The van der Waals surface area contributed by atoms with Crippen LogP contribution in [0.5, 0.6) is 0 Å². The molecular weight excluding hydrogens is 296 g/mol. The highest BCUT2D eigenvalue weighted by Crippen LogP contribution is 2.20. The van der Waals surface area contributed by atoms with E-state index in [4.69, 9.17) is 0 Å². The van der Waals surface area contributed by atoms with Crippen molar-refractivity contribution in [3.8, 4) is 0 Å². The Morgan fingerprint density at radius 3 is 2.58 bits per heavy atom. The number of hydrogen-bond donors (Lipinski definition) is 1. The first-order valence-corrected chi connectivity index (χ1v) is 7.94. The molecule has 0 radical (unpaired) electrons. The number of hydrazone groups is 1. The van der Waals surface area contributed by atoms with Gasteiger partial charge in [-0.3, -0.25) is 0 Å². The molecule has 4 aromatic rings. The summed E-state index contributed by atoms with van der Waals surface area (Å²) in [5, 5.41) is 6.97. The standard InChI is InChI=1S/C20H18N4/c1-14(16-11-7-9-15-8-3-4-10-17(15)16)22-23-20-21-18-12-5-6-13-19(18)24(20)2/h3-13H,1-2H3,(H,21,23)/b22-14+. The molecule has 0 fully saturated rings. The zero-order chi connectivity index (χ0) is 16.5. The average molecular weight is 314 g/mol. The summed E-state index contributed by atoms with van der Waals surface area (Å²) in [4.78, 5) is 4.58. The zero-order valence-corrected chi connectivity index (χ0v) is 13.7. The van der Waals surface area contributed by atoms with Gasteiger partial charge < -0.3 is 4.57 Å². The predicted octanol–water partition coefficient (Wildman–Crippen LogP) is 4.56. The van der Waals surface area contributed by atoms with E-state index in [0.717, 1.165) is 28.3 Å². The van der Waals surface area contributed by atoms with Crippen molar-refractivity contribution in [2.24, 2.45) is 12.1 Å². The van der Waals surface area contributed by atoms with Crippen LogP contribution in [-0.2, 0) is 7.05 Å². The number of aromatic nitrogens is 2. The third-order valence-corrected chi connectivity index (χ3v) is 4.29. The number of nitrogens with one attached hydrogen (secondary N) is 1. The molecule has 0 aliphatic heterocycles. The van der Waals surface area contributed by atoms with E-state index in [9.17, 15) is 0 Å². The van der Waals surface area contributed by atoms with E-state index in [2.05, 4.69) is 64.0 Å². The molecule has 0 saturated heterocycles. The van der Waals surface area contributed by atoms with Crippen molar-refractivity contribution < 1.29 is 0 Å². The van der Waals surface area contributed by atoms with Crippen LogP contribution in [-0.4, -0.2) is 15.3 Å². The van der Waals surface area contributed by atoms with Crippen LogP contribution in [0.2, 0.25) is 0 Å². The number of anilines is 1. The maximum atomic E-state index is 4.58. The lowest BCUT2D eigenvalue weighted by Gasteiger charge is -2.07. The van der Waals surface area contributed by atoms with Gasteiger partial charge in [-0.2, -0.15) is 5.10 Å². The highest BCUT2D eigenvalue weighted by Gasteiger charge is 2.07. The minimum atomic E-state index is 0.732. The number of rotatable bonds is 3. The summed E-state index contributed by atoms with van der Waals surface area (Å²) in [5.41, 5.74) is 7.20. The lowest BCUT2D eigenvalue weighted by Crippen LogP contribution is -2.04. The smallest absolute Gasteiger partial charge is 0.224 e. The summed E-state index contributed by atoms with van der Waals surface area (Å²) in [5.74, 6) is 0.732. The molecule has 0 aliphatic carbocycles. The van der Waals surface area contributed by atoms with E-state index < -0.39 is 0 Å². The summed E-state index contributed by atoms with van der Waals surface area (Å²) < 4.78 is 2.01. The van der Waals surface area contributed by atoms with Crippen molar-refractivity contribution in [1.29, 1.82) is 0 Å². The molecule has 0 atom stereocenters. The molecule has 4 nitrogen and oxygen atoms in total. The van der Waals surface area contributed by atoms with Crippen LogP contribution in [0.25, 0.3) is 21.8 Å². The van der Waals surface area contributed by atoms with E-state index in [1.165, 1.54) is 10.8 Å². The molecule has 0 bridgehead atoms. The van der Waals surface area contributed by atoms with E-state index in [-0.39, 0.29) is 0 Å². The van der Waals surface area contributed by atoms with Crippen molar-refractivity contribution in [1.82, 2.24) is 9.55 Å². The Balaban J connectivity index is 1.71. The first kappa shape index (κ1) is 14.5. The van der Waals surface area contributed by atoms with Gasteiger partial charge in [-0.05, 0) is 29.8 Å². The van der Waals surface area contributed by atoms with E-state index in [1.54, 1.807) is 0 Å². The molecule has 24 heavy (non-hydrogen) atoms. The fraction of sp³-hybridized carbons (Fsp3) is 0.100. The van der Waals surface area contributed by atoms with Crippen molar-refractivity contribution in [3.05, 3.63) is 72.3 Å². The highest BCUT2D eigenvalue weighted by atomic mass is 15.4. The molecule has 0 amide bonds. The van der Waals surface area contributed by atoms with Gasteiger partial charge in [0.25, 0.3) is 0 Å². The summed E-state index contributed by atoms with van der Waals surface area (Å²) in [6.07, 6.45) is 0. The van der Waals surface area contributed by atoms with Gasteiger partial charge in [0.15, 0.2) is 0 Å². The van der Waals surface area contributed by atoms with E-state index >= 15 is 0 Å². The Morgan fingerprint density at radius 1 is 0.958 bits per heavy atom. The van der Waals surface area contributed by atoms with E-state index in [1.807, 2.05) is 36.7 Å². The molecule has 0 aliphatic rings. The van der Waals surface area contributed by atoms with E-state index in [0.29, 0.717) is 0 Å². The number of imidazole rings is 1. The van der Waals surface area contributed by atoms with Crippen LogP contribution in [0.3, 0.4) is 0 Å². The topological polar surface area (TPSA) is 42.2 Å². The van der Waals surface area contributed by atoms with Crippen molar-refractivity contribution >= 4 is 33.5 Å². The molecule has 1 heterocycles. The van der Waals surface area contributed by atoms with Crippen LogP contribution >= 0.6 is 0 Å². The predicted molar refractivity (Wildman–Crippen MR) is 100 cm³/mol. The number of fused-ring (bicyclic) bond motifs is 2.